The number of carboxylic acid groups (broad SMARTS) is 1. The Bertz CT molecular complexity index is 1230. The molecular formula is C24H20N4O5. The maximum Gasteiger partial charge on any atom is 0.335 e. The first kappa shape index (κ1) is 20.8. The average Bonchev–Trinajstić information content (AvgIpc) is 3.38. The Hall–Kier alpha value is -4.08. The van der Waals surface area contributed by atoms with E-state index in [1.165, 1.54) is 18.2 Å². The van der Waals surface area contributed by atoms with E-state index in [0.29, 0.717) is 11.3 Å². The lowest BCUT2D eigenvalue weighted by molar-refractivity contribution is -0.385. The molecule has 0 radical (unpaired) electrons. The number of carbonyl (C=O) groups excluding carboxylic acids is 1. The molecule has 33 heavy (non-hydrogen) atoms. The fourth-order valence-electron chi connectivity index (χ4n) is 4.88. The predicted octanol–water partition coefficient (Wildman–Crippen LogP) is 3.21. The largest absolute Gasteiger partial charge is 0.478 e. The molecule has 3 aromatic rings. The molecule has 9 heteroatoms. The van der Waals surface area contributed by atoms with Crippen molar-refractivity contribution in [1.82, 2.24) is 10.9 Å². The van der Waals surface area contributed by atoms with Gasteiger partial charge in [-0.2, -0.15) is 0 Å². The Balaban J connectivity index is 1.67. The molecule has 1 amide bonds. The fraction of sp³-hybridized carbons (Fsp3) is 0.167. The summed E-state index contributed by atoms with van der Waals surface area (Å²) in [6.07, 6.45) is 0. The van der Waals surface area contributed by atoms with Gasteiger partial charge in [-0.3, -0.25) is 14.9 Å². The molecule has 0 aromatic heterocycles. The minimum absolute atomic E-state index is 0.0678. The number of nitro benzene ring substituents is 1. The van der Waals surface area contributed by atoms with Crippen LogP contribution < -0.4 is 15.8 Å². The van der Waals surface area contributed by atoms with Crippen molar-refractivity contribution in [3.63, 3.8) is 0 Å². The molecule has 4 unspecified atom stereocenters. The van der Waals surface area contributed by atoms with Gasteiger partial charge in [-0.1, -0.05) is 48.5 Å². The Morgan fingerprint density at radius 3 is 2.21 bits per heavy atom. The number of fused-ring (bicyclic) bond motifs is 1. The van der Waals surface area contributed by atoms with Crippen LogP contribution in [0.3, 0.4) is 0 Å². The molecule has 2 aliphatic rings. The number of nitrogens with zero attached hydrogens (tertiary/aromatic N) is 2. The van der Waals surface area contributed by atoms with Gasteiger partial charge in [-0.25, -0.2) is 15.6 Å². The zero-order valence-electron chi connectivity index (χ0n) is 17.3. The predicted molar refractivity (Wildman–Crippen MR) is 119 cm³/mol. The van der Waals surface area contributed by atoms with E-state index in [4.69, 9.17) is 0 Å². The number of benzene rings is 3. The molecule has 9 nitrogen and oxygen atoms in total. The van der Waals surface area contributed by atoms with Gasteiger partial charge in [0.2, 0.25) is 5.91 Å². The van der Waals surface area contributed by atoms with Gasteiger partial charge in [-0.05, 0) is 29.8 Å². The van der Waals surface area contributed by atoms with Crippen LogP contribution in [0.25, 0.3) is 0 Å². The summed E-state index contributed by atoms with van der Waals surface area (Å²) in [6, 6.07) is 20.5. The molecular weight excluding hydrogens is 424 g/mol. The summed E-state index contributed by atoms with van der Waals surface area (Å²) in [7, 11) is 0. The summed E-state index contributed by atoms with van der Waals surface area (Å²) in [4.78, 5) is 37.9. The van der Waals surface area contributed by atoms with E-state index in [9.17, 15) is 24.8 Å². The Labute approximate surface area is 188 Å². The van der Waals surface area contributed by atoms with Crippen molar-refractivity contribution < 1.29 is 19.6 Å². The smallest absolute Gasteiger partial charge is 0.335 e. The molecule has 3 N–H and O–H groups in total. The maximum absolute atomic E-state index is 13.6. The zero-order valence-corrected chi connectivity index (χ0v) is 17.3. The van der Waals surface area contributed by atoms with E-state index in [1.54, 1.807) is 35.2 Å². The van der Waals surface area contributed by atoms with Crippen molar-refractivity contribution in [2.75, 3.05) is 4.90 Å². The molecule has 3 aromatic carbocycles. The minimum atomic E-state index is -1.07. The topological polar surface area (TPSA) is 125 Å². The monoisotopic (exact) mass is 444 g/mol. The number of hydrazine groups is 1. The second-order valence-electron chi connectivity index (χ2n) is 8.05. The lowest BCUT2D eigenvalue weighted by atomic mass is 9.83. The van der Waals surface area contributed by atoms with E-state index in [0.717, 1.165) is 5.56 Å². The standard InChI is InChI=1S/C24H20N4O5/c29-23-21-19(20(25-26-21)14-6-2-1-3-7-14)22(17-8-4-5-9-18(17)28(32)33)27(23)16-12-10-15(11-13-16)24(30)31/h1-13,19-22,25-26H,(H,30,31). The molecule has 2 saturated heterocycles. The number of hydrogen-bond donors (Lipinski definition) is 3. The number of nitrogens with one attached hydrogen (secondary N) is 2. The van der Waals surface area contributed by atoms with E-state index >= 15 is 0 Å². The van der Waals surface area contributed by atoms with Crippen LogP contribution in [0.5, 0.6) is 0 Å². The molecule has 0 aliphatic carbocycles. The van der Waals surface area contributed by atoms with Gasteiger partial charge in [0.1, 0.15) is 6.04 Å². The normalized spacial score (nSPS) is 24.0. The summed E-state index contributed by atoms with van der Waals surface area (Å²) in [5.74, 6) is -1.66. The van der Waals surface area contributed by atoms with Gasteiger partial charge in [0.05, 0.1) is 28.1 Å². The highest BCUT2D eigenvalue weighted by Crippen LogP contribution is 2.50. The van der Waals surface area contributed by atoms with Gasteiger partial charge in [0.15, 0.2) is 0 Å². The molecule has 2 heterocycles. The molecule has 0 bridgehead atoms. The Kier molecular flexibility index (Phi) is 5.12. The van der Waals surface area contributed by atoms with Crippen molar-refractivity contribution in [2.24, 2.45) is 5.92 Å². The van der Waals surface area contributed by atoms with Gasteiger partial charge in [0.25, 0.3) is 5.69 Å². The third kappa shape index (κ3) is 3.43. The Morgan fingerprint density at radius 2 is 1.55 bits per heavy atom. The van der Waals surface area contributed by atoms with Crippen LogP contribution in [0.1, 0.15) is 33.6 Å². The number of amides is 1. The SMILES string of the molecule is O=C(O)c1ccc(N2C(=O)C3NNC(c4ccccc4)C3C2c2ccccc2[N+](=O)[O-])cc1. The number of carboxylic acids is 1. The van der Waals surface area contributed by atoms with Crippen LogP contribution >= 0.6 is 0 Å². The van der Waals surface area contributed by atoms with E-state index < -0.39 is 23.0 Å². The van der Waals surface area contributed by atoms with Crippen molar-refractivity contribution in [3.05, 3.63) is 106 Å². The molecule has 4 atom stereocenters. The highest BCUT2D eigenvalue weighted by Gasteiger charge is 2.57. The summed E-state index contributed by atoms with van der Waals surface area (Å²) in [5.41, 5.74) is 8.18. The molecule has 0 spiro atoms. The number of hydrogen-bond acceptors (Lipinski definition) is 6. The third-order valence-corrected chi connectivity index (χ3v) is 6.31. The average molecular weight is 444 g/mol. The van der Waals surface area contributed by atoms with Gasteiger partial charge >= 0.3 is 5.97 Å². The summed E-state index contributed by atoms with van der Waals surface area (Å²) >= 11 is 0. The molecule has 2 fully saturated rings. The van der Waals surface area contributed by atoms with Crippen LogP contribution in [0.2, 0.25) is 0 Å². The van der Waals surface area contributed by atoms with Gasteiger partial charge < -0.3 is 10.0 Å². The van der Waals surface area contributed by atoms with Crippen molar-refractivity contribution in [1.29, 1.82) is 0 Å². The van der Waals surface area contributed by atoms with Crippen LogP contribution in [-0.2, 0) is 4.79 Å². The van der Waals surface area contributed by atoms with Crippen molar-refractivity contribution in [3.8, 4) is 0 Å². The van der Waals surface area contributed by atoms with E-state index in [1.807, 2.05) is 30.3 Å². The van der Waals surface area contributed by atoms with Crippen LogP contribution in [-0.4, -0.2) is 27.9 Å². The van der Waals surface area contributed by atoms with Crippen molar-refractivity contribution >= 4 is 23.3 Å². The van der Waals surface area contributed by atoms with E-state index in [-0.39, 0.29) is 29.1 Å². The zero-order chi connectivity index (χ0) is 23.1. The third-order valence-electron chi connectivity index (χ3n) is 6.31. The minimum Gasteiger partial charge on any atom is -0.478 e. The second kappa shape index (κ2) is 8.12. The first-order chi connectivity index (χ1) is 16.0. The number of rotatable bonds is 5. The van der Waals surface area contributed by atoms with Crippen LogP contribution in [0.15, 0.2) is 78.9 Å². The highest BCUT2D eigenvalue weighted by atomic mass is 16.6. The second-order valence-corrected chi connectivity index (χ2v) is 8.05. The van der Waals surface area contributed by atoms with Crippen molar-refractivity contribution in [2.45, 2.75) is 18.1 Å². The molecule has 5 rings (SSSR count). The van der Waals surface area contributed by atoms with Gasteiger partial charge in [0, 0.05) is 17.7 Å². The van der Waals surface area contributed by atoms with Crippen LogP contribution in [0, 0.1) is 16.0 Å². The molecule has 2 aliphatic heterocycles. The summed E-state index contributed by atoms with van der Waals surface area (Å²) in [6.45, 7) is 0. The lowest BCUT2D eigenvalue weighted by Crippen LogP contribution is -2.41. The maximum atomic E-state index is 13.6. The molecule has 0 saturated carbocycles. The van der Waals surface area contributed by atoms with Crippen LogP contribution in [0.4, 0.5) is 11.4 Å². The van der Waals surface area contributed by atoms with Gasteiger partial charge in [-0.15, -0.1) is 0 Å². The summed E-state index contributed by atoms with van der Waals surface area (Å²) < 4.78 is 0. The Morgan fingerprint density at radius 1 is 0.909 bits per heavy atom. The first-order valence-electron chi connectivity index (χ1n) is 10.4. The lowest BCUT2D eigenvalue weighted by Gasteiger charge is -2.31. The quantitative estimate of drug-likeness (QED) is 0.408. The number of anilines is 1. The highest BCUT2D eigenvalue weighted by molar-refractivity contribution is 6.02. The summed E-state index contributed by atoms with van der Waals surface area (Å²) in [5, 5.41) is 21.1. The van der Waals surface area contributed by atoms with E-state index in [2.05, 4.69) is 10.9 Å². The molecule has 166 valence electrons. The number of nitro groups is 1. The number of carbonyl (C=O) groups is 2. The number of para-hydroxylation sites is 1. The first-order valence-corrected chi connectivity index (χ1v) is 10.4. The number of aromatic carboxylic acids is 1. The fourth-order valence-corrected chi connectivity index (χ4v) is 4.88.